The quantitative estimate of drug-likeness (QED) is 0.690. The van der Waals surface area contributed by atoms with Gasteiger partial charge in [0.25, 0.3) is 0 Å². The average Bonchev–Trinajstić information content (AvgIpc) is 2.74. The number of hydrogen-bond acceptors (Lipinski definition) is 3. The number of nitrogens with one attached hydrogen (secondary N) is 1. The average molecular weight is 367 g/mol. The summed E-state index contributed by atoms with van der Waals surface area (Å²) in [7, 11) is 0. The van der Waals surface area contributed by atoms with E-state index in [2.05, 4.69) is 46.6 Å². The van der Waals surface area contributed by atoms with Crippen molar-refractivity contribution in [1.29, 1.82) is 0 Å². The van der Waals surface area contributed by atoms with E-state index in [1.807, 2.05) is 24.3 Å². The van der Waals surface area contributed by atoms with Crippen molar-refractivity contribution >= 4 is 5.91 Å². The Morgan fingerprint density at radius 1 is 1.04 bits per heavy atom. The second kappa shape index (κ2) is 10.9. The van der Waals surface area contributed by atoms with Crippen LogP contribution in [0.4, 0.5) is 0 Å². The van der Waals surface area contributed by atoms with E-state index in [-0.39, 0.29) is 12.0 Å². The number of rotatable bonds is 9. The number of amides is 1. The largest absolute Gasteiger partial charge is 0.371 e. The summed E-state index contributed by atoms with van der Waals surface area (Å²) in [5, 5.41) is 3.04. The first-order chi connectivity index (χ1) is 13.3. The van der Waals surface area contributed by atoms with Crippen LogP contribution in [0.2, 0.25) is 0 Å². The lowest BCUT2D eigenvalue weighted by Gasteiger charge is -2.33. The van der Waals surface area contributed by atoms with E-state index >= 15 is 0 Å². The lowest BCUT2D eigenvalue weighted by atomic mass is 10.1. The van der Waals surface area contributed by atoms with Gasteiger partial charge in [0.2, 0.25) is 5.91 Å². The molecule has 1 fully saturated rings. The highest BCUT2D eigenvalue weighted by Crippen LogP contribution is 2.21. The fourth-order valence-corrected chi connectivity index (χ4v) is 3.45. The maximum atomic E-state index is 11.9. The minimum absolute atomic E-state index is 0.148. The van der Waals surface area contributed by atoms with Crippen LogP contribution in [0, 0.1) is 0 Å². The van der Waals surface area contributed by atoms with Crippen LogP contribution >= 0.6 is 0 Å². The number of morpholine rings is 1. The minimum Gasteiger partial charge on any atom is -0.371 e. The molecule has 0 saturated carbocycles. The van der Waals surface area contributed by atoms with Gasteiger partial charge in [-0.05, 0) is 36.9 Å². The molecular weight excluding hydrogens is 336 g/mol. The standard InChI is InChI=1S/C23H30N2O2/c26-23(14-13-20-9-3-1-4-10-20)24-15-7-8-16-25-17-18-27-22(19-25)21-11-5-2-6-12-21/h1-6,9-12,22H,7-8,13-19H2,(H,24,26)/t22-/m1/s1. The van der Waals surface area contributed by atoms with Gasteiger partial charge >= 0.3 is 0 Å². The van der Waals surface area contributed by atoms with E-state index in [4.69, 9.17) is 4.74 Å². The van der Waals surface area contributed by atoms with Gasteiger partial charge in [-0.2, -0.15) is 0 Å². The first-order valence-corrected chi connectivity index (χ1v) is 10.0. The number of ether oxygens (including phenoxy) is 1. The van der Waals surface area contributed by atoms with Crippen LogP contribution in [0.15, 0.2) is 60.7 Å². The third-order valence-electron chi connectivity index (χ3n) is 5.03. The van der Waals surface area contributed by atoms with E-state index in [0.717, 1.165) is 52.0 Å². The number of carbonyl (C=O) groups is 1. The Morgan fingerprint density at radius 2 is 1.78 bits per heavy atom. The van der Waals surface area contributed by atoms with E-state index in [9.17, 15) is 4.79 Å². The van der Waals surface area contributed by atoms with E-state index in [1.165, 1.54) is 11.1 Å². The zero-order valence-electron chi connectivity index (χ0n) is 16.0. The van der Waals surface area contributed by atoms with Crippen LogP contribution < -0.4 is 5.32 Å². The van der Waals surface area contributed by atoms with Crippen molar-refractivity contribution in [3.63, 3.8) is 0 Å². The predicted molar refractivity (Wildman–Crippen MR) is 109 cm³/mol. The van der Waals surface area contributed by atoms with Gasteiger partial charge in [0.15, 0.2) is 0 Å². The van der Waals surface area contributed by atoms with Crippen LogP contribution in [0.3, 0.4) is 0 Å². The molecule has 1 atom stereocenters. The van der Waals surface area contributed by atoms with Crippen LogP contribution in [-0.2, 0) is 16.0 Å². The molecule has 27 heavy (non-hydrogen) atoms. The number of nitrogens with zero attached hydrogens (tertiary/aromatic N) is 1. The van der Waals surface area contributed by atoms with Crippen molar-refractivity contribution in [1.82, 2.24) is 10.2 Å². The maximum absolute atomic E-state index is 11.9. The molecule has 1 saturated heterocycles. The third kappa shape index (κ3) is 6.81. The fraction of sp³-hybridized carbons (Fsp3) is 0.435. The van der Waals surface area contributed by atoms with E-state index < -0.39 is 0 Å². The highest BCUT2D eigenvalue weighted by atomic mass is 16.5. The maximum Gasteiger partial charge on any atom is 0.220 e. The van der Waals surface area contributed by atoms with Crippen molar-refractivity contribution in [2.75, 3.05) is 32.8 Å². The van der Waals surface area contributed by atoms with Crippen LogP contribution in [0.5, 0.6) is 0 Å². The Bertz CT molecular complexity index is 675. The summed E-state index contributed by atoms with van der Waals surface area (Å²) in [6, 6.07) is 20.6. The SMILES string of the molecule is O=C(CCc1ccccc1)NCCCCN1CCO[C@@H](c2ccccc2)C1. The Labute approximate surface area is 162 Å². The number of unbranched alkanes of at least 4 members (excludes halogenated alkanes) is 1. The molecule has 2 aromatic carbocycles. The van der Waals surface area contributed by atoms with Crippen molar-refractivity contribution in [2.45, 2.75) is 31.8 Å². The third-order valence-corrected chi connectivity index (χ3v) is 5.03. The van der Waals surface area contributed by atoms with Gasteiger partial charge in [-0.3, -0.25) is 9.69 Å². The van der Waals surface area contributed by atoms with Gasteiger partial charge in [-0.25, -0.2) is 0 Å². The summed E-state index contributed by atoms with van der Waals surface area (Å²) in [6.07, 6.45) is 3.66. The second-order valence-corrected chi connectivity index (χ2v) is 7.11. The molecule has 4 nitrogen and oxygen atoms in total. The minimum atomic E-state index is 0.148. The van der Waals surface area contributed by atoms with Crippen LogP contribution in [-0.4, -0.2) is 43.6 Å². The monoisotopic (exact) mass is 366 g/mol. The molecule has 1 heterocycles. The normalized spacial score (nSPS) is 17.6. The van der Waals surface area contributed by atoms with Crippen molar-refractivity contribution in [3.8, 4) is 0 Å². The van der Waals surface area contributed by atoms with Gasteiger partial charge < -0.3 is 10.1 Å². The highest BCUT2D eigenvalue weighted by molar-refractivity contribution is 5.76. The molecule has 144 valence electrons. The predicted octanol–water partition coefficient (Wildman–Crippen LogP) is 3.59. The molecule has 0 aliphatic carbocycles. The van der Waals surface area contributed by atoms with Crippen molar-refractivity contribution in [2.24, 2.45) is 0 Å². The Morgan fingerprint density at radius 3 is 2.56 bits per heavy atom. The Hall–Kier alpha value is -2.17. The molecule has 2 aromatic rings. The fourth-order valence-electron chi connectivity index (χ4n) is 3.45. The molecule has 4 heteroatoms. The van der Waals surface area contributed by atoms with Crippen LogP contribution in [0.1, 0.15) is 36.5 Å². The zero-order chi connectivity index (χ0) is 18.7. The molecule has 0 spiro atoms. The second-order valence-electron chi connectivity index (χ2n) is 7.11. The first kappa shape index (κ1) is 19.6. The molecule has 0 unspecified atom stereocenters. The van der Waals surface area contributed by atoms with Crippen molar-refractivity contribution in [3.05, 3.63) is 71.8 Å². The highest BCUT2D eigenvalue weighted by Gasteiger charge is 2.21. The molecule has 1 amide bonds. The topological polar surface area (TPSA) is 41.6 Å². The lowest BCUT2D eigenvalue weighted by Crippen LogP contribution is -2.39. The summed E-state index contributed by atoms with van der Waals surface area (Å²) in [5.41, 5.74) is 2.47. The van der Waals surface area contributed by atoms with Crippen LogP contribution in [0.25, 0.3) is 0 Å². The Kier molecular flexibility index (Phi) is 7.87. The number of aryl methyl sites for hydroxylation is 1. The molecule has 0 radical (unpaired) electrons. The summed E-state index contributed by atoms with van der Waals surface area (Å²) in [5.74, 6) is 0.148. The molecular formula is C23H30N2O2. The number of hydrogen-bond donors (Lipinski definition) is 1. The van der Waals surface area contributed by atoms with Gasteiger partial charge in [0.05, 0.1) is 12.7 Å². The molecule has 1 aliphatic rings. The van der Waals surface area contributed by atoms with Gasteiger partial charge in [0.1, 0.15) is 0 Å². The molecule has 1 aliphatic heterocycles. The number of carbonyl (C=O) groups excluding carboxylic acids is 1. The summed E-state index contributed by atoms with van der Waals surface area (Å²) in [6.45, 7) is 4.56. The molecule has 1 N–H and O–H groups in total. The molecule has 0 aromatic heterocycles. The molecule has 0 bridgehead atoms. The van der Waals surface area contributed by atoms with Crippen molar-refractivity contribution < 1.29 is 9.53 Å². The Balaban J connectivity index is 1.27. The zero-order valence-corrected chi connectivity index (χ0v) is 16.0. The van der Waals surface area contributed by atoms with E-state index in [1.54, 1.807) is 0 Å². The lowest BCUT2D eigenvalue weighted by molar-refractivity contribution is -0.121. The summed E-state index contributed by atoms with van der Waals surface area (Å²) in [4.78, 5) is 14.4. The summed E-state index contributed by atoms with van der Waals surface area (Å²) < 4.78 is 5.92. The number of benzene rings is 2. The molecule has 3 rings (SSSR count). The smallest absolute Gasteiger partial charge is 0.220 e. The van der Waals surface area contributed by atoms with E-state index in [0.29, 0.717) is 6.42 Å². The summed E-state index contributed by atoms with van der Waals surface area (Å²) >= 11 is 0. The van der Waals surface area contributed by atoms with Gasteiger partial charge in [-0.1, -0.05) is 60.7 Å². The van der Waals surface area contributed by atoms with Gasteiger partial charge in [0, 0.05) is 26.1 Å². The van der Waals surface area contributed by atoms with Gasteiger partial charge in [-0.15, -0.1) is 0 Å². The first-order valence-electron chi connectivity index (χ1n) is 10.0.